The van der Waals surface area contributed by atoms with Crippen molar-refractivity contribution in [3.8, 4) is 5.75 Å². The first-order chi connectivity index (χ1) is 9.01. The highest BCUT2D eigenvalue weighted by atomic mass is 16.5. The molecule has 0 radical (unpaired) electrons. The van der Waals surface area contributed by atoms with Crippen molar-refractivity contribution >= 4 is 11.0 Å². The standard InChI is InChI=1S/C15H20N2O2/c1-10(2)8-17-14-6-5-12(19-11(3)4)7-13(14)16-15(17)9-18/h5-7,11,18H,1,8-9H2,2-4H3. The molecule has 2 aromatic rings. The van der Waals surface area contributed by atoms with Crippen molar-refractivity contribution in [3.05, 3.63) is 36.2 Å². The third kappa shape index (κ3) is 2.96. The van der Waals surface area contributed by atoms with Crippen LogP contribution in [0, 0.1) is 0 Å². The Hall–Kier alpha value is -1.81. The molecule has 102 valence electrons. The van der Waals surface area contributed by atoms with E-state index in [0.717, 1.165) is 22.4 Å². The Kier molecular flexibility index (Phi) is 3.90. The molecule has 4 heteroatoms. The van der Waals surface area contributed by atoms with Crippen molar-refractivity contribution in [1.82, 2.24) is 9.55 Å². The monoisotopic (exact) mass is 260 g/mol. The average molecular weight is 260 g/mol. The van der Waals surface area contributed by atoms with Gasteiger partial charge in [0.15, 0.2) is 0 Å². The molecule has 1 N–H and O–H groups in total. The van der Waals surface area contributed by atoms with Crippen LogP contribution in [0.1, 0.15) is 26.6 Å². The summed E-state index contributed by atoms with van der Waals surface area (Å²) in [4.78, 5) is 4.44. The number of hydrogen-bond donors (Lipinski definition) is 1. The topological polar surface area (TPSA) is 47.3 Å². The van der Waals surface area contributed by atoms with E-state index in [1.165, 1.54) is 0 Å². The van der Waals surface area contributed by atoms with Crippen molar-refractivity contribution in [3.63, 3.8) is 0 Å². The fraction of sp³-hybridized carbons (Fsp3) is 0.400. The maximum atomic E-state index is 9.40. The van der Waals surface area contributed by atoms with Gasteiger partial charge in [-0.05, 0) is 32.9 Å². The highest BCUT2D eigenvalue weighted by Gasteiger charge is 2.11. The van der Waals surface area contributed by atoms with Crippen LogP contribution in [-0.4, -0.2) is 20.8 Å². The zero-order valence-electron chi connectivity index (χ0n) is 11.7. The lowest BCUT2D eigenvalue weighted by molar-refractivity contribution is 0.242. The van der Waals surface area contributed by atoms with Crippen LogP contribution in [0.25, 0.3) is 11.0 Å². The molecule has 0 saturated heterocycles. The van der Waals surface area contributed by atoms with E-state index in [4.69, 9.17) is 4.74 Å². The predicted molar refractivity (Wildman–Crippen MR) is 76.2 cm³/mol. The van der Waals surface area contributed by atoms with E-state index in [9.17, 15) is 5.11 Å². The zero-order chi connectivity index (χ0) is 14.0. The summed E-state index contributed by atoms with van der Waals surface area (Å²) in [5, 5.41) is 9.40. The first-order valence-corrected chi connectivity index (χ1v) is 6.42. The Morgan fingerprint density at radius 2 is 2.21 bits per heavy atom. The smallest absolute Gasteiger partial charge is 0.136 e. The van der Waals surface area contributed by atoms with Gasteiger partial charge in [-0.25, -0.2) is 4.98 Å². The summed E-state index contributed by atoms with van der Waals surface area (Å²) < 4.78 is 7.64. The van der Waals surface area contributed by atoms with Gasteiger partial charge in [0.1, 0.15) is 18.2 Å². The number of aromatic nitrogens is 2. The number of imidazole rings is 1. The van der Waals surface area contributed by atoms with Crippen molar-refractivity contribution in [2.45, 2.75) is 40.0 Å². The Morgan fingerprint density at radius 1 is 1.47 bits per heavy atom. The maximum Gasteiger partial charge on any atom is 0.136 e. The highest BCUT2D eigenvalue weighted by molar-refractivity contribution is 5.78. The predicted octanol–water partition coefficient (Wildman–Crippen LogP) is 2.89. The van der Waals surface area contributed by atoms with E-state index in [2.05, 4.69) is 11.6 Å². The fourth-order valence-corrected chi connectivity index (χ4v) is 2.07. The van der Waals surface area contributed by atoms with Gasteiger partial charge in [0.2, 0.25) is 0 Å². The fourth-order valence-electron chi connectivity index (χ4n) is 2.07. The molecule has 19 heavy (non-hydrogen) atoms. The number of benzene rings is 1. The molecule has 1 aromatic heterocycles. The lowest BCUT2D eigenvalue weighted by Gasteiger charge is -2.10. The van der Waals surface area contributed by atoms with E-state index in [1.54, 1.807) is 0 Å². The molecule has 1 heterocycles. The van der Waals surface area contributed by atoms with Gasteiger partial charge in [-0.15, -0.1) is 0 Å². The molecule has 0 bridgehead atoms. The van der Waals surface area contributed by atoms with Crippen molar-refractivity contribution in [2.75, 3.05) is 0 Å². The molecule has 0 aliphatic heterocycles. The summed E-state index contributed by atoms with van der Waals surface area (Å²) >= 11 is 0. The van der Waals surface area contributed by atoms with Crippen molar-refractivity contribution in [1.29, 1.82) is 0 Å². The molecule has 0 spiro atoms. The summed E-state index contributed by atoms with van der Waals surface area (Å²) in [6, 6.07) is 5.81. The summed E-state index contributed by atoms with van der Waals surface area (Å²) in [6.07, 6.45) is 0.132. The quantitative estimate of drug-likeness (QED) is 0.841. The second-order valence-electron chi connectivity index (χ2n) is 5.05. The number of hydrogen-bond acceptors (Lipinski definition) is 3. The van der Waals surface area contributed by atoms with Gasteiger partial charge >= 0.3 is 0 Å². The third-order valence-electron chi connectivity index (χ3n) is 2.74. The Labute approximate surface area is 113 Å². The highest BCUT2D eigenvalue weighted by Crippen LogP contribution is 2.23. The molecular weight excluding hydrogens is 240 g/mol. The van der Waals surface area contributed by atoms with Crippen LogP contribution in [0.2, 0.25) is 0 Å². The molecule has 4 nitrogen and oxygen atoms in total. The van der Waals surface area contributed by atoms with Gasteiger partial charge in [0, 0.05) is 12.6 Å². The molecule has 0 aliphatic carbocycles. The number of aliphatic hydroxyl groups is 1. The van der Waals surface area contributed by atoms with E-state index in [1.807, 2.05) is 43.5 Å². The van der Waals surface area contributed by atoms with Crippen LogP contribution in [0.3, 0.4) is 0 Å². The van der Waals surface area contributed by atoms with E-state index >= 15 is 0 Å². The number of fused-ring (bicyclic) bond motifs is 1. The van der Waals surface area contributed by atoms with Crippen LogP contribution >= 0.6 is 0 Å². The minimum atomic E-state index is -0.0810. The van der Waals surface area contributed by atoms with Crippen molar-refractivity contribution < 1.29 is 9.84 Å². The second-order valence-corrected chi connectivity index (χ2v) is 5.05. The van der Waals surface area contributed by atoms with Gasteiger partial charge in [0.05, 0.1) is 17.1 Å². The number of nitrogens with zero attached hydrogens (tertiary/aromatic N) is 2. The lowest BCUT2D eigenvalue weighted by atomic mass is 10.2. The van der Waals surface area contributed by atoms with Gasteiger partial charge in [-0.1, -0.05) is 12.2 Å². The normalized spacial score (nSPS) is 11.2. The number of rotatable bonds is 5. The van der Waals surface area contributed by atoms with Crippen LogP contribution in [-0.2, 0) is 13.2 Å². The van der Waals surface area contributed by atoms with Crippen LogP contribution in [0.15, 0.2) is 30.4 Å². The van der Waals surface area contributed by atoms with Gasteiger partial charge < -0.3 is 14.4 Å². The van der Waals surface area contributed by atoms with Crippen LogP contribution in [0.5, 0.6) is 5.75 Å². The maximum absolute atomic E-state index is 9.40. The Morgan fingerprint density at radius 3 is 2.79 bits per heavy atom. The number of aliphatic hydroxyl groups excluding tert-OH is 1. The number of ether oxygens (including phenoxy) is 1. The Balaban J connectivity index is 2.47. The summed E-state index contributed by atoms with van der Waals surface area (Å²) in [5.74, 6) is 1.45. The van der Waals surface area contributed by atoms with E-state index in [0.29, 0.717) is 12.4 Å². The SMILES string of the molecule is C=C(C)Cn1c(CO)nc2cc(OC(C)C)ccc21. The number of allylic oxidation sites excluding steroid dienone is 1. The Bertz CT molecular complexity index is 599. The molecule has 1 aromatic carbocycles. The lowest BCUT2D eigenvalue weighted by Crippen LogP contribution is -2.05. The second kappa shape index (κ2) is 5.45. The van der Waals surface area contributed by atoms with Crippen LogP contribution in [0.4, 0.5) is 0 Å². The summed E-state index contributed by atoms with van der Waals surface area (Å²) in [5.41, 5.74) is 2.85. The summed E-state index contributed by atoms with van der Waals surface area (Å²) in [6.45, 7) is 10.4. The molecule has 0 unspecified atom stereocenters. The molecule has 0 saturated carbocycles. The summed E-state index contributed by atoms with van der Waals surface area (Å²) in [7, 11) is 0. The zero-order valence-corrected chi connectivity index (χ0v) is 11.7. The first-order valence-electron chi connectivity index (χ1n) is 6.42. The first kappa shape index (κ1) is 13.6. The molecule has 0 atom stereocenters. The van der Waals surface area contributed by atoms with Gasteiger partial charge in [-0.2, -0.15) is 0 Å². The molecule has 0 aliphatic rings. The minimum absolute atomic E-state index is 0.0810. The van der Waals surface area contributed by atoms with Crippen molar-refractivity contribution in [2.24, 2.45) is 0 Å². The van der Waals surface area contributed by atoms with Gasteiger partial charge in [0.25, 0.3) is 0 Å². The van der Waals surface area contributed by atoms with E-state index < -0.39 is 0 Å². The average Bonchev–Trinajstić information content (AvgIpc) is 2.65. The van der Waals surface area contributed by atoms with Gasteiger partial charge in [-0.3, -0.25) is 0 Å². The van der Waals surface area contributed by atoms with Crippen LogP contribution < -0.4 is 4.74 Å². The largest absolute Gasteiger partial charge is 0.491 e. The van der Waals surface area contributed by atoms with E-state index in [-0.39, 0.29) is 12.7 Å². The minimum Gasteiger partial charge on any atom is -0.491 e. The molecular formula is C15H20N2O2. The third-order valence-corrected chi connectivity index (χ3v) is 2.74. The molecule has 0 fully saturated rings. The molecule has 0 amide bonds. The molecule has 2 rings (SSSR count).